The predicted molar refractivity (Wildman–Crippen MR) is 76.5 cm³/mol. The first-order valence-electron chi connectivity index (χ1n) is 6.02. The third-order valence-corrected chi connectivity index (χ3v) is 3.11. The van der Waals surface area contributed by atoms with Crippen LogP contribution in [0.2, 0.25) is 5.02 Å². The minimum Gasteiger partial charge on any atom is -0.329 e. The number of hydrogen-bond acceptors (Lipinski definition) is 2. The van der Waals surface area contributed by atoms with Gasteiger partial charge in [0.05, 0.1) is 0 Å². The molecule has 0 bridgehead atoms. The van der Waals surface area contributed by atoms with E-state index in [1.165, 1.54) is 5.56 Å². The van der Waals surface area contributed by atoms with Gasteiger partial charge >= 0.3 is 0 Å². The summed E-state index contributed by atoms with van der Waals surface area (Å²) in [4.78, 5) is 0. The number of hydrogen-bond donors (Lipinski definition) is 2. The molecule has 3 heteroatoms. The van der Waals surface area contributed by atoms with Crippen LogP contribution in [0.25, 0.3) is 0 Å². The fourth-order valence-corrected chi connectivity index (χ4v) is 2.12. The second kappa shape index (κ2) is 6.55. The molecule has 0 saturated heterocycles. The van der Waals surface area contributed by atoms with Crippen molar-refractivity contribution in [1.29, 1.82) is 0 Å². The van der Waals surface area contributed by atoms with Gasteiger partial charge < -0.3 is 11.1 Å². The first-order chi connectivity index (χ1) is 8.79. The lowest BCUT2D eigenvalue weighted by atomic mass is 10.1. The van der Waals surface area contributed by atoms with Crippen molar-refractivity contribution in [3.63, 3.8) is 0 Å². The van der Waals surface area contributed by atoms with Crippen LogP contribution in [-0.4, -0.2) is 6.54 Å². The molecule has 18 heavy (non-hydrogen) atoms. The summed E-state index contributed by atoms with van der Waals surface area (Å²) < 4.78 is 0. The van der Waals surface area contributed by atoms with Gasteiger partial charge in [0.1, 0.15) is 0 Å². The topological polar surface area (TPSA) is 38.0 Å². The van der Waals surface area contributed by atoms with Gasteiger partial charge in [0, 0.05) is 24.2 Å². The van der Waals surface area contributed by atoms with Crippen molar-refractivity contribution >= 4 is 11.6 Å². The van der Waals surface area contributed by atoms with Gasteiger partial charge in [0.15, 0.2) is 0 Å². The van der Waals surface area contributed by atoms with Gasteiger partial charge in [0.2, 0.25) is 0 Å². The molecule has 94 valence electrons. The largest absolute Gasteiger partial charge is 0.329 e. The zero-order chi connectivity index (χ0) is 12.8. The third-order valence-electron chi connectivity index (χ3n) is 2.88. The molecule has 0 spiro atoms. The lowest BCUT2D eigenvalue weighted by Crippen LogP contribution is -2.27. The van der Waals surface area contributed by atoms with Crippen LogP contribution < -0.4 is 11.1 Å². The van der Waals surface area contributed by atoms with Crippen LogP contribution in [0.5, 0.6) is 0 Å². The SMILES string of the molecule is NCC(NCc1cccc(Cl)c1)c1ccccc1. The number of nitrogens with two attached hydrogens (primary N) is 1. The Labute approximate surface area is 113 Å². The Kier molecular flexibility index (Phi) is 4.76. The van der Waals surface area contributed by atoms with Crippen molar-refractivity contribution in [3.05, 3.63) is 70.7 Å². The Hall–Kier alpha value is -1.35. The summed E-state index contributed by atoms with van der Waals surface area (Å²) in [6.07, 6.45) is 0. The first kappa shape index (κ1) is 13.1. The minimum absolute atomic E-state index is 0.171. The zero-order valence-corrected chi connectivity index (χ0v) is 10.9. The molecule has 0 aliphatic heterocycles. The smallest absolute Gasteiger partial charge is 0.0447 e. The van der Waals surface area contributed by atoms with E-state index in [-0.39, 0.29) is 6.04 Å². The van der Waals surface area contributed by atoms with Gasteiger partial charge in [0.25, 0.3) is 0 Å². The summed E-state index contributed by atoms with van der Waals surface area (Å²) in [5, 5.41) is 4.21. The molecule has 0 saturated carbocycles. The summed E-state index contributed by atoms with van der Waals surface area (Å²) in [5.41, 5.74) is 8.18. The van der Waals surface area contributed by atoms with Crippen LogP contribution >= 0.6 is 11.6 Å². The second-order valence-electron chi connectivity index (χ2n) is 4.21. The van der Waals surface area contributed by atoms with Crippen LogP contribution in [0, 0.1) is 0 Å². The van der Waals surface area contributed by atoms with Crippen molar-refractivity contribution < 1.29 is 0 Å². The van der Waals surface area contributed by atoms with Gasteiger partial charge in [-0.25, -0.2) is 0 Å². The Morgan fingerprint density at radius 3 is 2.50 bits per heavy atom. The molecule has 0 radical (unpaired) electrons. The number of nitrogens with one attached hydrogen (secondary N) is 1. The van der Waals surface area contributed by atoms with E-state index in [4.69, 9.17) is 17.3 Å². The van der Waals surface area contributed by atoms with Crippen molar-refractivity contribution in [2.45, 2.75) is 12.6 Å². The molecule has 2 aromatic carbocycles. The van der Waals surface area contributed by atoms with E-state index in [1.807, 2.05) is 36.4 Å². The van der Waals surface area contributed by atoms with Crippen molar-refractivity contribution in [2.24, 2.45) is 5.73 Å². The highest BCUT2D eigenvalue weighted by Crippen LogP contribution is 2.14. The normalized spacial score (nSPS) is 12.3. The van der Waals surface area contributed by atoms with Gasteiger partial charge in [-0.05, 0) is 23.3 Å². The Morgan fingerprint density at radius 1 is 1.06 bits per heavy atom. The van der Waals surface area contributed by atoms with E-state index in [1.54, 1.807) is 0 Å². The standard InChI is InChI=1S/C15H17ClN2/c16-14-8-4-5-12(9-14)11-18-15(10-17)13-6-2-1-3-7-13/h1-9,15,18H,10-11,17H2. The molecule has 3 N–H and O–H groups in total. The van der Waals surface area contributed by atoms with Crippen LogP contribution in [0.1, 0.15) is 17.2 Å². The van der Waals surface area contributed by atoms with E-state index >= 15 is 0 Å². The zero-order valence-electron chi connectivity index (χ0n) is 10.1. The average Bonchev–Trinajstić information content (AvgIpc) is 2.41. The van der Waals surface area contributed by atoms with Crippen LogP contribution in [0.4, 0.5) is 0 Å². The molecule has 1 atom stereocenters. The lowest BCUT2D eigenvalue weighted by molar-refractivity contribution is 0.542. The Balaban J connectivity index is 2.00. The van der Waals surface area contributed by atoms with Gasteiger partial charge in [-0.15, -0.1) is 0 Å². The second-order valence-corrected chi connectivity index (χ2v) is 4.65. The highest BCUT2D eigenvalue weighted by atomic mass is 35.5. The molecule has 0 fully saturated rings. The van der Waals surface area contributed by atoms with Crippen molar-refractivity contribution in [2.75, 3.05) is 6.54 Å². The van der Waals surface area contributed by atoms with E-state index in [0.29, 0.717) is 6.54 Å². The molecule has 0 amide bonds. The summed E-state index contributed by atoms with van der Waals surface area (Å²) in [6.45, 7) is 1.34. The van der Waals surface area contributed by atoms with Gasteiger partial charge in [-0.1, -0.05) is 54.1 Å². The molecule has 0 heterocycles. The van der Waals surface area contributed by atoms with E-state index in [9.17, 15) is 0 Å². The third kappa shape index (κ3) is 3.57. The predicted octanol–water partition coefficient (Wildman–Crippen LogP) is 3.13. The van der Waals surface area contributed by atoms with E-state index in [0.717, 1.165) is 17.1 Å². The quantitative estimate of drug-likeness (QED) is 0.867. The van der Waals surface area contributed by atoms with Gasteiger partial charge in [-0.2, -0.15) is 0 Å². The Morgan fingerprint density at radius 2 is 1.83 bits per heavy atom. The number of halogens is 1. The number of rotatable bonds is 5. The molecule has 0 aliphatic rings. The maximum absolute atomic E-state index is 5.96. The summed E-state index contributed by atoms with van der Waals surface area (Å²) in [7, 11) is 0. The van der Waals surface area contributed by atoms with Crippen LogP contribution in [0.3, 0.4) is 0 Å². The molecule has 2 aromatic rings. The minimum atomic E-state index is 0.171. The lowest BCUT2D eigenvalue weighted by Gasteiger charge is -2.17. The fourth-order valence-electron chi connectivity index (χ4n) is 1.91. The number of benzene rings is 2. The molecule has 0 aliphatic carbocycles. The highest BCUT2D eigenvalue weighted by molar-refractivity contribution is 6.30. The highest BCUT2D eigenvalue weighted by Gasteiger charge is 2.07. The molecular weight excluding hydrogens is 244 g/mol. The summed E-state index contributed by atoms with van der Waals surface area (Å²) >= 11 is 5.96. The van der Waals surface area contributed by atoms with Crippen LogP contribution in [-0.2, 0) is 6.54 Å². The fraction of sp³-hybridized carbons (Fsp3) is 0.200. The van der Waals surface area contributed by atoms with Gasteiger partial charge in [-0.3, -0.25) is 0 Å². The summed E-state index contributed by atoms with van der Waals surface area (Å²) in [6, 6.07) is 18.3. The maximum Gasteiger partial charge on any atom is 0.0447 e. The average molecular weight is 261 g/mol. The maximum atomic E-state index is 5.96. The van der Waals surface area contributed by atoms with E-state index < -0.39 is 0 Å². The molecular formula is C15H17ClN2. The molecule has 1 unspecified atom stereocenters. The van der Waals surface area contributed by atoms with Crippen LogP contribution in [0.15, 0.2) is 54.6 Å². The molecule has 0 aromatic heterocycles. The first-order valence-corrected chi connectivity index (χ1v) is 6.40. The van der Waals surface area contributed by atoms with Crippen molar-refractivity contribution in [1.82, 2.24) is 5.32 Å². The molecule has 2 nitrogen and oxygen atoms in total. The Bertz CT molecular complexity index is 485. The van der Waals surface area contributed by atoms with Crippen molar-refractivity contribution in [3.8, 4) is 0 Å². The summed E-state index contributed by atoms with van der Waals surface area (Å²) in [5.74, 6) is 0. The monoisotopic (exact) mass is 260 g/mol. The molecule has 2 rings (SSSR count). The van der Waals surface area contributed by atoms with E-state index in [2.05, 4.69) is 23.5 Å².